The number of hydrogen-bond acceptors (Lipinski definition) is 4. The SMILES string of the molecule is O=c1n(CCN(CCCO)CC(F)(F)F)nc2ccccn12. The monoisotopic (exact) mass is 318 g/mol. The first-order valence-corrected chi connectivity index (χ1v) is 6.85. The number of pyridine rings is 1. The van der Waals surface area contributed by atoms with E-state index in [9.17, 15) is 18.0 Å². The number of halogens is 3. The molecule has 6 nitrogen and oxygen atoms in total. The maximum absolute atomic E-state index is 12.5. The highest BCUT2D eigenvalue weighted by Gasteiger charge is 2.30. The van der Waals surface area contributed by atoms with Gasteiger partial charge in [-0.15, -0.1) is 5.10 Å². The lowest BCUT2D eigenvalue weighted by molar-refractivity contribution is -0.146. The predicted octanol–water partition coefficient (Wildman–Crippen LogP) is 0.743. The van der Waals surface area contributed by atoms with E-state index in [4.69, 9.17) is 5.11 Å². The van der Waals surface area contributed by atoms with E-state index < -0.39 is 12.7 Å². The lowest BCUT2D eigenvalue weighted by Crippen LogP contribution is -2.38. The van der Waals surface area contributed by atoms with E-state index in [-0.39, 0.29) is 38.4 Å². The quantitative estimate of drug-likeness (QED) is 0.818. The summed E-state index contributed by atoms with van der Waals surface area (Å²) in [5.41, 5.74) is 0.0648. The maximum atomic E-state index is 12.5. The van der Waals surface area contributed by atoms with E-state index in [0.29, 0.717) is 5.65 Å². The lowest BCUT2D eigenvalue weighted by atomic mass is 10.3. The topological polar surface area (TPSA) is 62.8 Å². The number of aliphatic hydroxyl groups excluding tert-OH is 1. The molecule has 0 unspecified atom stereocenters. The summed E-state index contributed by atoms with van der Waals surface area (Å²) in [6.45, 7) is -1.05. The lowest BCUT2D eigenvalue weighted by Gasteiger charge is -2.22. The van der Waals surface area contributed by atoms with Gasteiger partial charge >= 0.3 is 11.9 Å². The van der Waals surface area contributed by atoms with Crippen molar-refractivity contribution in [1.29, 1.82) is 0 Å². The van der Waals surface area contributed by atoms with Crippen molar-refractivity contribution in [3.05, 3.63) is 34.9 Å². The van der Waals surface area contributed by atoms with Gasteiger partial charge in [-0.05, 0) is 18.6 Å². The van der Waals surface area contributed by atoms with Gasteiger partial charge < -0.3 is 5.11 Å². The zero-order valence-electron chi connectivity index (χ0n) is 11.8. The molecule has 2 heterocycles. The number of fused-ring (bicyclic) bond motifs is 1. The van der Waals surface area contributed by atoms with Crippen LogP contribution in [0.4, 0.5) is 13.2 Å². The second kappa shape index (κ2) is 6.93. The molecule has 0 aromatic carbocycles. The summed E-state index contributed by atoms with van der Waals surface area (Å²) in [6, 6.07) is 5.05. The molecule has 0 atom stereocenters. The molecule has 0 aliphatic carbocycles. The average Bonchev–Trinajstić information content (AvgIpc) is 2.78. The largest absolute Gasteiger partial charge is 0.401 e. The van der Waals surface area contributed by atoms with Crippen LogP contribution in [0.3, 0.4) is 0 Å². The van der Waals surface area contributed by atoms with Gasteiger partial charge in [0.05, 0.1) is 13.1 Å². The van der Waals surface area contributed by atoms with Gasteiger partial charge in [0.25, 0.3) is 0 Å². The minimum atomic E-state index is -4.32. The molecule has 0 fully saturated rings. The fourth-order valence-electron chi connectivity index (χ4n) is 2.17. The molecule has 9 heteroatoms. The predicted molar refractivity (Wildman–Crippen MR) is 73.6 cm³/mol. The van der Waals surface area contributed by atoms with Crippen LogP contribution < -0.4 is 5.69 Å². The summed E-state index contributed by atoms with van der Waals surface area (Å²) in [5, 5.41) is 12.8. The van der Waals surface area contributed by atoms with E-state index in [1.807, 2.05) is 0 Å². The Labute approximate surface area is 124 Å². The number of aliphatic hydroxyl groups is 1. The first-order valence-electron chi connectivity index (χ1n) is 6.85. The molecule has 2 aromatic rings. The van der Waals surface area contributed by atoms with Crippen molar-refractivity contribution in [2.45, 2.75) is 19.1 Å². The van der Waals surface area contributed by atoms with Crippen molar-refractivity contribution < 1.29 is 18.3 Å². The van der Waals surface area contributed by atoms with Gasteiger partial charge in [0.15, 0.2) is 5.65 Å². The van der Waals surface area contributed by atoms with E-state index in [0.717, 1.165) is 9.58 Å². The number of rotatable bonds is 7. The second-order valence-corrected chi connectivity index (χ2v) is 4.90. The molecule has 122 valence electrons. The number of aromatic nitrogens is 3. The smallest absolute Gasteiger partial charge is 0.396 e. The van der Waals surface area contributed by atoms with E-state index >= 15 is 0 Å². The summed E-state index contributed by atoms with van der Waals surface area (Å²) < 4.78 is 40.0. The standard InChI is InChI=1S/C13H17F3N4O2/c14-13(15,16)10-18(5-3-9-21)7-8-20-12(22)19-6-2-1-4-11(19)17-20/h1-2,4,6,21H,3,5,7-10H2. The molecule has 2 aromatic heterocycles. The van der Waals surface area contributed by atoms with Crippen LogP contribution in [0.5, 0.6) is 0 Å². The number of nitrogens with zero attached hydrogens (tertiary/aromatic N) is 4. The molecule has 0 aliphatic rings. The maximum Gasteiger partial charge on any atom is 0.401 e. The molecule has 22 heavy (non-hydrogen) atoms. The molecule has 0 bridgehead atoms. The van der Waals surface area contributed by atoms with Crippen LogP contribution in [-0.2, 0) is 6.54 Å². The minimum absolute atomic E-state index is 0.0311. The van der Waals surface area contributed by atoms with Crippen LogP contribution in [0, 0.1) is 0 Å². The van der Waals surface area contributed by atoms with E-state index in [1.165, 1.54) is 4.40 Å². The van der Waals surface area contributed by atoms with Crippen LogP contribution in [0.2, 0.25) is 0 Å². The molecule has 0 saturated heterocycles. The molecule has 0 saturated carbocycles. The molecular weight excluding hydrogens is 301 g/mol. The third-order valence-corrected chi connectivity index (χ3v) is 3.15. The van der Waals surface area contributed by atoms with Crippen LogP contribution in [0.1, 0.15) is 6.42 Å². The van der Waals surface area contributed by atoms with Crippen molar-refractivity contribution in [2.75, 3.05) is 26.2 Å². The Balaban J connectivity index is 2.06. The summed E-state index contributed by atoms with van der Waals surface area (Å²) >= 11 is 0. The highest BCUT2D eigenvalue weighted by molar-refractivity contribution is 5.35. The Hall–Kier alpha value is -1.87. The van der Waals surface area contributed by atoms with E-state index in [1.54, 1.807) is 24.4 Å². The van der Waals surface area contributed by atoms with Crippen molar-refractivity contribution in [2.24, 2.45) is 0 Å². The number of alkyl halides is 3. The first kappa shape index (κ1) is 16.5. The molecule has 1 N–H and O–H groups in total. The normalized spacial score (nSPS) is 12.4. The Morgan fingerprint density at radius 2 is 2.05 bits per heavy atom. The Kier molecular flexibility index (Phi) is 5.19. The van der Waals surface area contributed by atoms with Gasteiger partial charge in [-0.1, -0.05) is 6.07 Å². The van der Waals surface area contributed by atoms with Crippen LogP contribution in [0.15, 0.2) is 29.2 Å². The molecular formula is C13H17F3N4O2. The fraction of sp³-hybridized carbons (Fsp3) is 0.538. The van der Waals surface area contributed by atoms with Gasteiger partial charge in [-0.25, -0.2) is 9.48 Å². The molecule has 0 aliphatic heterocycles. The van der Waals surface area contributed by atoms with Crippen molar-refractivity contribution in [1.82, 2.24) is 19.1 Å². The first-order chi connectivity index (χ1) is 10.4. The van der Waals surface area contributed by atoms with Crippen molar-refractivity contribution in [3.63, 3.8) is 0 Å². The number of hydrogen-bond donors (Lipinski definition) is 1. The van der Waals surface area contributed by atoms with Crippen molar-refractivity contribution in [3.8, 4) is 0 Å². The van der Waals surface area contributed by atoms with Gasteiger partial charge in [0.2, 0.25) is 0 Å². The summed E-state index contributed by atoms with van der Waals surface area (Å²) in [5.74, 6) is 0. The zero-order chi connectivity index (χ0) is 16.2. The van der Waals surface area contributed by atoms with Crippen LogP contribution in [0.25, 0.3) is 5.65 Å². The molecule has 0 spiro atoms. The van der Waals surface area contributed by atoms with Gasteiger partial charge in [-0.2, -0.15) is 13.2 Å². The Bertz CT molecular complexity index is 665. The van der Waals surface area contributed by atoms with Gasteiger partial charge in [-0.3, -0.25) is 9.30 Å². The van der Waals surface area contributed by atoms with Crippen molar-refractivity contribution >= 4 is 5.65 Å². The molecule has 2 rings (SSSR count). The summed E-state index contributed by atoms with van der Waals surface area (Å²) in [7, 11) is 0. The molecule has 0 amide bonds. The minimum Gasteiger partial charge on any atom is -0.396 e. The van der Waals surface area contributed by atoms with E-state index in [2.05, 4.69) is 5.10 Å². The second-order valence-electron chi connectivity index (χ2n) is 4.90. The third-order valence-electron chi connectivity index (χ3n) is 3.15. The third kappa shape index (κ3) is 4.31. The summed E-state index contributed by atoms with van der Waals surface area (Å²) in [4.78, 5) is 13.2. The molecule has 0 radical (unpaired) electrons. The van der Waals surface area contributed by atoms with Gasteiger partial charge in [0, 0.05) is 25.9 Å². The van der Waals surface area contributed by atoms with Crippen LogP contribution in [-0.4, -0.2) is 56.6 Å². The highest BCUT2D eigenvalue weighted by atomic mass is 19.4. The highest BCUT2D eigenvalue weighted by Crippen LogP contribution is 2.16. The van der Waals surface area contributed by atoms with Crippen LogP contribution >= 0.6 is 0 Å². The van der Waals surface area contributed by atoms with Gasteiger partial charge in [0.1, 0.15) is 0 Å². The fourth-order valence-corrected chi connectivity index (χ4v) is 2.17. The summed E-state index contributed by atoms with van der Waals surface area (Å²) in [6.07, 6.45) is -2.52. The average molecular weight is 318 g/mol. The Morgan fingerprint density at radius 1 is 1.27 bits per heavy atom. The zero-order valence-corrected chi connectivity index (χ0v) is 11.8. The Morgan fingerprint density at radius 3 is 2.68 bits per heavy atom.